The van der Waals surface area contributed by atoms with E-state index in [0.717, 1.165) is 24.2 Å². The van der Waals surface area contributed by atoms with Gasteiger partial charge >= 0.3 is 0 Å². The first-order chi connectivity index (χ1) is 12.6. The molecular weight excluding hydrogens is 322 g/mol. The number of amides is 1. The molecule has 0 saturated carbocycles. The summed E-state index contributed by atoms with van der Waals surface area (Å²) < 4.78 is 2.18. The van der Waals surface area contributed by atoms with Crippen molar-refractivity contribution in [3.05, 3.63) is 58.9 Å². The van der Waals surface area contributed by atoms with Crippen LogP contribution in [0, 0.1) is 13.8 Å². The fourth-order valence-corrected chi connectivity index (χ4v) is 3.82. The molecule has 4 nitrogen and oxygen atoms in total. The van der Waals surface area contributed by atoms with Crippen LogP contribution < -0.4 is 5.32 Å². The molecule has 1 aliphatic rings. The van der Waals surface area contributed by atoms with Crippen LogP contribution in [-0.4, -0.2) is 35.0 Å². The van der Waals surface area contributed by atoms with Crippen molar-refractivity contribution >= 4 is 5.91 Å². The molecule has 26 heavy (non-hydrogen) atoms. The zero-order chi connectivity index (χ0) is 18.5. The second kappa shape index (κ2) is 8.54. The summed E-state index contributed by atoms with van der Waals surface area (Å²) in [4.78, 5) is 15.2. The van der Waals surface area contributed by atoms with Gasteiger partial charge in [-0.3, -0.25) is 9.69 Å². The Morgan fingerprint density at radius 1 is 1.08 bits per heavy atom. The lowest BCUT2D eigenvalue weighted by Crippen LogP contribution is -2.39. The average Bonchev–Trinajstić information content (AvgIpc) is 2.88. The van der Waals surface area contributed by atoms with Gasteiger partial charge in [-0.2, -0.15) is 0 Å². The van der Waals surface area contributed by atoms with Crippen LogP contribution in [0.3, 0.4) is 0 Å². The Bertz CT molecular complexity index is 742. The molecule has 1 aliphatic heterocycles. The Hall–Kier alpha value is -2.07. The van der Waals surface area contributed by atoms with Crippen LogP contribution in [0.1, 0.15) is 58.9 Å². The highest BCUT2D eigenvalue weighted by Gasteiger charge is 2.24. The van der Waals surface area contributed by atoms with E-state index in [9.17, 15) is 4.79 Å². The Balaban J connectivity index is 1.74. The molecule has 1 saturated heterocycles. The molecule has 3 rings (SSSR count). The molecule has 2 aromatic rings. The Morgan fingerprint density at radius 2 is 1.81 bits per heavy atom. The molecule has 1 unspecified atom stereocenters. The van der Waals surface area contributed by atoms with E-state index in [4.69, 9.17) is 0 Å². The van der Waals surface area contributed by atoms with Crippen LogP contribution in [0.15, 0.2) is 36.5 Å². The highest BCUT2D eigenvalue weighted by atomic mass is 16.1. The maximum Gasteiger partial charge on any atom is 0.251 e. The number of aromatic nitrogens is 1. The van der Waals surface area contributed by atoms with Crippen LogP contribution in [0.25, 0.3) is 0 Å². The molecule has 0 bridgehead atoms. The van der Waals surface area contributed by atoms with E-state index in [1.807, 2.05) is 18.2 Å². The molecule has 1 N–H and O–H groups in total. The molecule has 1 amide bonds. The molecule has 140 valence electrons. The normalized spacial score (nSPS) is 16.9. The summed E-state index contributed by atoms with van der Waals surface area (Å²) in [5.41, 5.74) is 4.39. The Morgan fingerprint density at radius 3 is 2.42 bits per heavy atom. The van der Waals surface area contributed by atoms with Gasteiger partial charge in [-0.05, 0) is 75.2 Å². The van der Waals surface area contributed by atoms with Gasteiger partial charge in [0, 0.05) is 31.0 Å². The van der Waals surface area contributed by atoms with E-state index in [-0.39, 0.29) is 11.9 Å². The molecule has 1 aromatic carbocycles. The molecule has 0 radical (unpaired) electrons. The van der Waals surface area contributed by atoms with Crippen molar-refractivity contribution in [1.82, 2.24) is 14.8 Å². The number of aryl methyl sites for hydroxylation is 3. The van der Waals surface area contributed by atoms with Crippen LogP contribution in [0.5, 0.6) is 0 Å². The summed E-state index contributed by atoms with van der Waals surface area (Å²) in [7, 11) is 2.09. The minimum absolute atomic E-state index is 0.0159. The standard InChI is InChI=1S/C22H31N3O/c1-17-10-11-19(15-18(17)2)22(26)23-16-21(20-9-8-12-24(20)3)25-13-6-4-5-7-14-25/h8-12,15,21H,4-7,13-14,16H2,1-3H3,(H,23,26). The Kier molecular flexibility index (Phi) is 6.15. The second-order valence-corrected chi connectivity index (χ2v) is 7.52. The number of nitrogens with zero attached hydrogens (tertiary/aromatic N) is 2. The minimum Gasteiger partial charge on any atom is -0.353 e. The third-order valence-electron chi connectivity index (χ3n) is 5.63. The quantitative estimate of drug-likeness (QED) is 0.882. The first-order valence-corrected chi connectivity index (χ1v) is 9.77. The SMILES string of the molecule is Cc1ccc(C(=O)NCC(c2cccn2C)N2CCCCCC2)cc1C. The number of carbonyl (C=O) groups is 1. The number of likely N-dealkylation sites (tertiary alicyclic amines) is 1. The van der Waals surface area contributed by atoms with E-state index < -0.39 is 0 Å². The van der Waals surface area contributed by atoms with Gasteiger partial charge in [-0.1, -0.05) is 18.9 Å². The maximum atomic E-state index is 12.7. The number of nitrogens with one attached hydrogen (secondary N) is 1. The van der Waals surface area contributed by atoms with Crippen LogP contribution in [0.4, 0.5) is 0 Å². The highest BCUT2D eigenvalue weighted by molar-refractivity contribution is 5.94. The van der Waals surface area contributed by atoms with E-state index in [2.05, 4.69) is 54.0 Å². The van der Waals surface area contributed by atoms with Crippen molar-refractivity contribution < 1.29 is 4.79 Å². The van der Waals surface area contributed by atoms with Gasteiger partial charge in [0.1, 0.15) is 0 Å². The lowest BCUT2D eigenvalue weighted by atomic mass is 10.1. The van der Waals surface area contributed by atoms with Gasteiger partial charge in [0.2, 0.25) is 0 Å². The van der Waals surface area contributed by atoms with Crippen LogP contribution in [0.2, 0.25) is 0 Å². The van der Waals surface area contributed by atoms with Gasteiger partial charge in [0.05, 0.1) is 6.04 Å². The summed E-state index contributed by atoms with van der Waals surface area (Å²) in [6, 6.07) is 10.4. The van der Waals surface area contributed by atoms with Gasteiger partial charge < -0.3 is 9.88 Å². The lowest BCUT2D eigenvalue weighted by molar-refractivity contribution is 0.0931. The number of hydrogen-bond acceptors (Lipinski definition) is 2. The third kappa shape index (κ3) is 4.36. The predicted molar refractivity (Wildman–Crippen MR) is 106 cm³/mol. The van der Waals surface area contributed by atoms with Crippen molar-refractivity contribution in [3.63, 3.8) is 0 Å². The number of carbonyl (C=O) groups excluding carboxylic acids is 1. The van der Waals surface area contributed by atoms with Gasteiger partial charge in [-0.25, -0.2) is 0 Å². The zero-order valence-electron chi connectivity index (χ0n) is 16.3. The highest BCUT2D eigenvalue weighted by Crippen LogP contribution is 2.24. The molecule has 0 spiro atoms. The fraction of sp³-hybridized carbons (Fsp3) is 0.500. The van der Waals surface area contributed by atoms with Gasteiger partial charge in [0.25, 0.3) is 5.91 Å². The summed E-state index contributed by atoms with van der Waals surface area (Å²) in [5.74, 6) is 0.0159. The average molecular weight is 354 g/mol. The molecule has 2 heterocycles. The monoisotopic (exact) mass is 353 g/mol. The van der Waals surface area contributed by atoms with E-state index >= 15 is 0 Å². The van der Waals surface area contributed by atoms with Crippen molar-refractivity contribution in [2.45, 2.75) is 45.6 Å². The van der Waals surface area contributed by atoms with Crippen molar-refractivity contribution in [2.24, 2.45) is 7.05 Å². The first-order valence-electron chi connectivity index (χ1n) is 9.77. The number of rotatable bonds is 5. The van der Waals surface area contributed by atoms with Crippen molar-refractivity contribution in [1.29, 1.82) is 0 Å². The van der Waals surface area contributed by atoms with E-state index in [0.29, 0.717) is 6.54 Å². The van der Waals surface area contributed by atoms with Crippen LogP contribution in [-0.2, 0) is 7.05 Å². The summed E-state index contributed by atoms with van der Waals surface area (Å²) in [6.45, 7) is 6.98. The summed E-state index contributed by atoms with van der Waals surface area (Å²) in [5, 5.41) is 3.19. The molecule has 1 fully saturated rings. The van der Waals surface area contributed by atoms with Gasteiger partial charge in [-0.15, -0.1) is 0 Å². The largest absolute Gasteiger partial charge is 0.353 e. The van der Waals surface area contributed by atoms with Crippen LogP contribution >= 0.6 is 0 Å². The van der Waals surface area contributed by atoms with Gasteiger partial charge in [0.15, 0.2) is 0 Å². The minimum atomic E-state index is 0.0159. The van der Waals surface area contributed by atoms with E-state index in [1.54, 1.807) is 0 Å². The maximum absolute atomic E-state index is 12.7. The van der Waals surface area contributed by atoms with Crippen molar-refractivity contribution in [3.8, 4) is 0 Å². The zero-order valence-corrected chi connectivity index (χ0v) is 16.3. The lowest BCUT2D eigenvalue weighted by Gasteiger charge is -2.31. The second-order valence-electron chi connectivity index (χ2n) is 7.52. The predicted octanol–water partition coefficient (Wildman–Crippen LogP) is 3.99. The smallest absolute Gasteiger partial charge is 0.251 e. The molecular formula is C22H31N3O. The summed E-state index contributed by atoms with van der Waals surface area (Å²) >= 11 is 0. The number of benzene rings is 1. The first kappa shape index (κ1) is 18.7. The molecule has 1 aromatic heterocycles. The molecule has 0 aliphatic carbocycles. The molecule has 1 atom stereocenters. The molecule has 4 heteroatoms. The van der Waals surface area contributed by atoms with Crippen molar-refractivity contribution in [2.75, 3.05) is 19.6 Å². The number of hydrogen-bond donors (Lipinski definition) is 1. The van der Waals surface area contributed by atoms with E-state index in [1.165, 1.54) is 36.9 Å². The third-order valence-corrected chi connectivity index (χ3v) is 5.63. The Labute approximate surface area is 157 Å². The fourth-order valence-electron chi connectivity index (χ4n) is 3.82. The topological polar surface area (TPSA) is 37.3 Å². The summed E-state index contributed by atoms with van der Waals surface area (Å²) in [6.07, 6.45) is 7.19.